The Hall–Kier alpha value is -2.07. The molecule has 1 heterocycles. The van der Waals surface area contributed by atoms with E-state index in [1.807, 2.05) is 12.1 Å². The molecule has 1 aliphatic rings. The van der Waals surface area contributed by atoms with Crippen molar-refractivity contribution in [1.82, 2.24) is 10.3 Å². The minimum Gasteiger partial charge on any atom is -0.348 e. The summed E-state index contributed by atoms with van der Waals surface area (Å²) in [5.74, 6) is -0.346. The maximum absolute atomic E-state index is 12.1. The molecule has 2 N–H and O–H groups in total. The fraction of sp³-hybridized carbons (Fsp3) is 0.250. The summed E-state index contributed by atoms with van der Waals surface area (Å²) in [6, 6.07) is 8.94. The number of amides is 1. The number of rotatable bonds is 3. The van der Waals surface area contributed by atoms with E-state index in [9.17, 15) is 9.59 Å². The second-order valence-corrected chi connectivity index (χ2v) is 5.62. The topological polar surface area (TPSA) is 62.0 Å². The number of hydrogen-bond donors (Lipinski definition) is 2. The molecule has 2 aromatic rings. The van der Waals surface area contributed by atoms with E-state index in [0.29, 0.717) is 11.6 Å². The molecule has 0 saturated carbocycles. The second-order valence-electron chi connectivity index (χ2n) is 5.18. The summed E-state index contributed by atoms with van der Waals surface area (Å²) in [4.78, 5) is 26.9. The van der Waals surface area contributed by atoms with Crippen molar-refractivity contribution in [2.45, 2.75) is 25.8 Å². The molecule has 3 rings (SSSR count). The molecule has 4 nitrogen and oxygen atoms in total. The Kier molecular flexibility index (Phi) is 3.80. The SMILES string of the molecule is O=C(NCc1ccc(Cl)cc1)c1cc2c([nH]c1=O)CCC2. The highest BCUT2D eigenvalue weighted by atomic mass is 35.5. The molecule has 0 saturated heterocycles. The van der Waals surface area contributed by atoms with Crippen LogP contribution in [0.2, 0.25) is 5.02 Å². The highest BCUT2D eigenvalue weighted by molar-refractivity contribution is 6.30. The quantitative estimate of drug-likeness (QED) is 0.915. The van der Waals surface area contributed by atoms with Gasteiger partial charge in [0.25, 0.3) is 11.5 Å². The Balaban J connectivity index is 1.74. The van der Waals surface area contributed by atoms with Crippen molar-refractivity contribution in [2.75, 3.05) is 0 Å². The van der Waals surface area contributed by atoms with Crippen LogP contribution in [0.1, 0.15) is 33.6 Å². The number of aryl methyl sites for hydroxylation is 2. The smallest absolute Gasteiger partial charge is 0.261 e. The van der Waals surface area contributed by atoms with Gasteiger partial charge in [-0.2, -0.15) is 0 Å². The van der Waals surface area contributed by atoms with Crippen molar-refractivity contribution in [3.05, 3.63) is 68.1 Å². The van der Waals surface area contributed by atoms with Gasteiger partial charge >= 0.3 is 0 Å². The van der Waals surface area contributed by atoms with Crippen LogP contribution in [0, 0.1) is 0 Å². The van der Waals surface area contributed by atoms with Crippen LogP contribution in [-0.2, 0) is 19.4 Å². The van der Waals surface area contributed by atoms with Gasteiger partial charge in [0.2, 0.25) is 0 Å². The third kappa shape index (κ3) is 3.00. The third-order valence-electron chi connectivity index (χ3n) is 3.70. The van der Waals surface area contributed by atoms with Gasteiger partial charge in [-0.1, -0.05) is 23.7 Å². The molecule has 1 aliphatic carbocycles. The van der Waals surface area contributed by atoms with Gasteiger partial charge in [0.1, 0.15) is 5.56 Å². The molecule has 0 unspecified atom stereocenters. The Morgan fingerprint density at radius 2 is 2.00 bits per heavy atom. The first-order valence-corrected chi connectivity index (χ1v) is 7.29. The number of aromatic amines is 1. The fourth-order valence-electron chi connectivity index (χ4n) is 2.56. The molecule has 0 spiro atoms. The molecule has 1 aromatic carbocycles. The van der Waals surface area contributed by atoms with Crippen molar-refractivity contribution in [2.24, 2.45) is 0 Å². The molecule has 0 fully saturated rings. The maximum Gasteiger partial charge on any atom is 0.261 e. The van der Waals surface area contributed by atoms with E-state index in [2.05, 4.69) is 10.3 Å². The molecule has 5 heteroatoms. The number of carbonyl (C=O) groups is 1. The van der Waals surface area contributed by atoms with Crippen LogP contribution < -0.4 is 10.9 Å². The summed E-state index contributed by atoms with van der Waals surface area (Å²) in [6.45, 7) is 0.368. The summed E-state index contributed by atoms with van der Waals surface area (Å²) in [5.41, 5.74) is 2.85. The molecule has 1 aromatic heterocycles. The minimum atomic E-state index is -0.346. The zero-order chi connectivity index (χ0) is 14.8. The molecule has 1 amide bonds. The van der Waals surface area contributed by atoms with Crippen molar-refractivity contribution in [3.8, 4) is 0 Å². The van der Waals surface area contributed by atoms with Crippen LogP contribution in [-0.4, -0.2) is 10.9 Å². The molecule has 0 radical (unpaired) electrons. The van der Waals surface area contributed by atoms with Crippen LogP contribution in [0.5, 0.6) is 0 Å². The van der Waals surface area contributed by atoms with E-state index < -0.39 is 0 Å². The Morgan fingerprint density at radius 3 is 2.76 bits per heavy atom. The number of fused-ring (bicyclic) bond motifs is 1. The lowest BCUT2D eigenvalue weighted by atomic mass is 10.1. The van der Waals surface area contributed by atoms with E-state index in [0.717, 1.165) is 36.1 Å². The number of pyridine rings is 1. The predicted octanol–water partition coefficient (Wildman–Crippen LogP) is 2.45. The first-order chi connectivity index (χ1) is 10.1. The number of H-pyrrole nitrogens is 1. The van der Waals surface area contributed by atoms with Gasteiger partial charge < -0.3 is 10.3 Å². The molecular weight excluding hydrogens is 288 g/mol. The maximum atomic E-state index is 12.1. The number of hydrogen-bond acceptors (Lipinski definition) is 2. The van der Waals surface area contributed by atoms with E-state index in [-0.39, 0.29) is 17.0 Å². The third-order valence-corrected chi connectivity index (χ3v) is 3.95. The highest BCUT2D eigenvalue weighted by Crippen LogP contribution is 2.18. The normalized spacial score (nSPS) is 13.0. The van der Waals surface area contributed by atoms with E-state index in [1.54, 1.807) is 18.2 Å². The van der Waals surface area contributed by atoms with Crippen molar-refractivity contribution in [1.29, 1.82) is 0 Å². The van der Waals surface area contributed by atoms with Crippen molar-refractivity contribution < 1.29 is 4.79 Å². The Morgan fingerprint density at radius 1 is 1.24 bits per heavy atom. The largest absolute Gasteiger partial charge is 0.348 e. The molecule has 0 aliphatic heterocycles. The van der Waals surface area contributed by atoms with Gasteiger partial charge in [-0.25, -0.2) is 0 Å². The zero-order valence-electron chi connectivity index (χ0n) is 11.4. The molecule has 0 bridgehead atoms. The van der Waals surface area contributed by atoms with Gasteiger partial charge in [0.05, 0.1) is 0 Å². The van der Waals surface area contributed by atoms with Gasteiger partial charge in [-0.3, -0.25) is 9.59 Å². The number of nitrogens with one attached hydrogen (secondary N) is 2. The van der Waals surface area contributed by atoms with Crippen LogP contribution in [0.3, 0.4) is 0 Å². The number of benzene rings is 1. The van der Waals surface area contributed by atoms with Gasteiger partial charge in [0.15, 0.2) is 0 Å². The van der Waals surface area contributed by atoms with Gasteiger partial charge in [-0.05, 0) is 48.6 Å². The fourth-order valence-corrected chi connectivity index (χ4v) is 2.69. The summed E-state index contributed by atoms with van der Waals surface area (Å²) in [5, 5.41) is 3.42. The lowest BCUT2D eigenvalue weighted by Crippen LogP contribution is -2.29. The van der Waals surface area contributed by atoms with Crippen LogP contribution in [0.25, 0.3) is 0 Å². The molecule has 0 atom stereocenters. The monoisotopic (exact) mass is 302 g/mol. The lowest BCUT2D eigenvalue weighted by molar-refractivity contribution is 0.0949. The number of carbonyl (C=O) groups excluding carboxylic acids is 1. The van der Waals surface area contributed by atoms with Crippen molar-refractivity contribution in [3.63, 3.8) is 0 Å². The first-order valence-electron chi connectivity index (χ1n) is 6.91. The molecular formula is C16H15ClN2O2. The van der Waals surface area contributed by atoms with Crippen LogP contribution in [0.4, 0.5) is 0 Å². The summed E-state index contributed by atoms with van der Waals surface area (Å²) in [7, 11) is 0. The first kappa shape index (κ1) is 13.9. The average molecular weight is 303 g/mol. The Bertz CT molecular complexity index is 735. The summed E-state index contributed by atoms with van der Waals surface area (Å²) >= 11 is 5.81. The van der Waals surface area contributed by atoms with E-state index in [4.69, 9.17) is 11.6 Å². The Labute approximate surface area is 127 Å². The standard InChI is InChI=1S/C16H15ClN2O2/c17-12-6-4-10(5-7-12)9-18-15(20)13-8-11-2-1-3-14(11)19-16(13)21/h4-8H,1-3,9H2,(H,18,20)(H,19,21). The minimum absolute atomic E-state index is 0.185. The summed E-state index contributed by atoms with van der Waals surface area (Å²) < 4.78 is 0. The zero-order valence-corrected chi connectivity index (χ0v) is 12.2. The van der Waals surface area contributed by atoms with Gasteiger partial charge in [0, 0.05) is 17.3 Å². The number of halogens is 1. The van der Waals surface area contributed by atoms with E-state index >= 15 is 0 Å². The van der Waals surface area contributed by atoms with Crippen molar-refractivity contribution >= 4 is 17.5 Å². The van der Waals surface area contributed by atoms with Crippen LogP contribution >= 0.6 is 11.6 Å². The van der Waals surface area contributed by atoms with Gasteiger partial charge in [-0.15, -0.1) is 0 Å². The summed E-state index contributed by atoms with van der Waals surface area (Å²) in [6.07, 6.45) is 2.84. The average Bonchev–Trinajstić information content (AvgIpc) is 2.92. The lowest BCUT2D eigenvalue weighted by Gasteiger charge is -2.07. The molecule has 21 heavy (non-hydrogen) atoms. The predicted molar refractivity (Wildman–Crippen MR) is 81.7 cm³/mol. The van der Waals surface area contributed by atoms with E-state index in [1.165, 1.54) is 0 Å². The second kappa shape index (κ2) is 5.74. The highest BCUT2D eigenvalue weighted by Gasteiger charge is 2.17. The molecule has 108 valence electrons. The van der Waals surface area contributed by atoms with Crippen LogP contribution in [0.15, 0.2) is 35.1 Å². The number of aromatic nitrogens is 1.